The molecule has 3 nitrogen and oxygen atoms in total. The molecule has 0 saturated heterocycles. The van der Waals surface area contributed by atoms with Crippen molar-refractivity contribution in [1.82, 2.24) is 9.97 Å². The van der Waals surface area contributed by atoms with Gasteiger partial charge in [-0.25, -0.2) is 9.97 Å². The minimum Gasteiger partial charge on any atom is -0.351 e. The normalized spacial score (nSPS) is 12.5. The maximum Gasteiger partial charge on any atom is 0.223 e. The Morgan fingerprint density at radius 3 is 3.00 bits per heavy atom. The minimum atomic E-state index is 0.418. The maximum absolute atomic E-state index is 4.29. The number of nitrogens with one attached hydrogen (secondary N) is 1. The van der Waals surface area contributed by atoms with E-state index in [-0.39, 0.29) is 0 Å². The second-order valence-corrected chi connectivity index (χ2v) is 4.55. The van der Waals surface area contributed by atoms with Gasteiger partial charge in [0.05, 0.1) is 0 Å². The van der Waals surface area contributed by atoms with Crippen LogP contribution < -0.4 is 5.32 Å². The molecule has 1 unspecified atom stereocenters. The summed E-state index contributed by atoms with van der Waals surface area (Å²) in [6.45, 7) is 6.28. The highest BCUT2D eigenvalue weighted by Gasteiger charge is 2.02. The molecule has 0 spiro atoms. The zero-order chi connectivity index (χ0) is 10.4. The van der Waals surface area contributed by atoms with Crippen molar-refractivity contribution < 1.29 is 0 Å². The molecule has 1 N–H and O–H groups in total. The van der Waals surface area contributed by atoms with Gasteiger partial charge in [-0.2, -0.15) is 11.8 Å². The second-order valence-electron chi connectivity index (χ2n) is 3.23. The smallest absolute Gasteiger partial charge is 0.223 e. The lowest BCUT2D eigenvalue weighted by atomic mass is 10.4. The summed E-state index contributed by atoms with van der Waals surface area (Å²) in [5.41, 5.74) is 0.998. The van der Waals surface area contributed by atoms with Gasteiger partial charge in [-0.1, -0.05) is 6.92 Å². The van der Waals surface area contributed by atoms with E-state index in [1.54, 1.807) is 6.20 Å². The Hall–Kier alpha value is -0.770. The first kappa shape index (κ1) is 11.3. The Kier molecular flexibility index (Phi) is 4.73. The molecule has 0 bridgehead atoms. The summed E-state index contributed by atoms with van der Waals surface area (Å²) in [5, 5.41) is 3.27. The Balaban J connectivity index is 2.43. The van der Waals surface area contributed by atoms with Crippen LogP contribution in [-0.2, 0) is 0 Å². The van der Waals surface area contributed by atoms with Crippen LogP contribution in [0.3, 0.4) is 0 Å². The second kappa shape index (κ2) is 5.86. The minimum absolute atomic E-state index is 0.418. The summed E-state index contributed by atoms with van der Waals surface area (Å²) in [4.78, 5) is 8.45. The zero-order valence-corrected chi connectivity index (χ0v) is 9.77. The molecule has 1 rings (SSSR count). The van der Waals surface area contributed by atoms with E-state index in [1.165, 1.54) is 0 Å². The third-order valence-corrected chi connectivity index (χ3v) is 2.89. The molecule has 0 radical (unpaired) electrons. The van der Waals surface area contributed by atoms with Crippen molar-refractivity contribution in [1.29, 1.82) is 0 Å². The third kappa shape index (κ3) is 3.96. The highest BCUT2D eigenvalue weighted by molar-refractivity contribution is 7.99. The molecule has 0 aliphatic rings. The average molecular weight is 211 g/mol. The van der Waals surface area contributed by atoms with Gasteiger partial charge in [0.2, 0.25) is 5.95 Å². The Morgan fingerprint density at radius 1 is 1.57 bits per heavy atom. The van der Waals surface area contributed by atoms with E-state index in [1.807, 2.05) is 24.8 Å². The summed E-state index contributed by atoms with van der Waals surface area (Å²) >= 11 is 1.92. The lowest BCUT2D eigenvalue weighted by molar-refractivity contribution is 0.882. The zero-order valence-electron chi connectivity index (χ0n) is 8.95. The molecule has 0 amide bonds. The first-order chi connectivity index (χ1) is 6.72. The van der Waals surface area contributed by atoms with Gasteiger partial charge in [0.1, 0.15) is 0 Å². The van der Waals surface area contributed by atoms with Crippen LogP contribution in [0.4, 0.5) is 5.95 Å². The molecule has 1 atom stereocenters. The fourth-order valence-electron chi connectivity index (χ4n) is 1.08. The SMILES string of the molecule is CCSCC(C)Nc1nccc(C)n1. The van der Waals surface area contributed by atoms with Crippen LogP contribution in [-0.4, -0.2) is 27.5 Å². The van der Waals surface area contributed by atoms with Gasteiger partial charge in [0, 0.05) is 23.7 Å². The standard InChI is InChI=1S/C10H17N3S/c1-4-14-7-9(3)13-10-11-6-5-8(2)12-10/h5-6,9H,4,7H2,1-3H3,(H,11,12,13). The molecule has 78 valence electrons. The molecule has 14 heavy (non-hydrogen) atoms. The van der Waals surface area contributed by atoms with E-state index in [9.17, 15) is 0 Å². The van der Waals surface area contributed by atoms with E-state index in [0.29, 0.717) is 6.04 Å². The lowest BCUT2D eigenvalue weighted by Crippen LogP contribution is -2.19. The van der Waals surface area contributed by atoms with Gasteiger partial charge >= 0.3 is 0 Å². The van der Waals surface area contributed by atoms with E-state index in [2.05, 4.69) is 29.1 Å². The number of nitrogens with zero attached hydrogens (tertiary/aromatic N) is 2. The molecule has 1 aromatic rings. The van der Waals surface area contributed by atoms with Crippen molar-refractivity contribution in [3.8, 4) is 0 Å². The van der Waals surface area contributed by atoms with Crippen LogP contribution in [0.25, 0.3) is 0 Å². The molecule has 0 saturated carbocycles. The van der Waals surface area contributed by atoms with Gasteiger partial charge in [-0.15, -0.1) is 0 Å². The number of hydrogen-bond acceptors (Lipinski definition) is 4. The average Bonchev–Trinajstić information content (AvgIpc) is 2.15. The summed E-state index contributed by atoms with van der Waals surface area (Å²) in [5.74, 6) is 2.98. The predicted molar refractivity (Wildman–Crippen MR) is 62.9 cm³/mol. The molecular weight excluding hydrogens is 194 g/mol. The van der Waals surface area contributed by atoms with E-state index >= 15 is 0 Å². The quantitative estimate of drug-likeness (QED) is 0.811. The Labute approximate surface area is 89.7 Å². The predicted octanol–water partition coefficient (Wildman–Crippen LogP) is 2.34. The molecule has 0 fully saturated rings. The van der Waals surface area contributed by atoms with Gasteiger partial charge in [0.15, 0.2) is 0 Å². The molecule has 0 aromatic carbocycles. The fourth-order valence-corrected chi connectivity index (χ4v) is 1.75. The van der Waals surface area contributed by atoms with Crippen LogP contribution in [0, 0.1) is 6.92 Å². The molecular formula is C10H17N3S. The van der Waals surface area contributed by atoms with Crippen molar-refractivity contribution in [3.05, 3.63) is 18.0 Å². The van der Waals surface area contributed by atoms with Gasteiger partial charge in [0.25, 0.3) is 0 Å². The van der Waals surface area contributed by atoms with Gasteiger partial charge in [-0.05, 0) is 25.7 Å². The number of aromatic nitrogens is 2. The van der Waals surface area contributed by atoms with Crippen LogP contribution in [0.1, 0.15) is 19.5 Å². The van der Waals surface area contributed by atoms with Crippen LogP contribution in [0.5, 0.6) is 0 Å². The van der Waals surface area contributed by atoms with Gasteiger partial charge < -0.3 is 5.32 Å². The fraction of sp³-hybridized carbons (Fsp3) is 0.600. The van der Waals surface area contributed by atoms with Crippen molar-refractivity contribution in [2.45, 2.75) is 26.8 Å². The largest absolute Gasteiger partial charge is 0.351 e. The third-order valence-electron chi connectivity index (χ3n) is 1.74. The van der Waals surface area contributed by atoms with Crippen molar-refractivity contribution >= 4 is 17.7 Å². The first-order valence-corrected chi connectivity index (χ1v) is 6.01. The van der Waals surface area contributed by atoms with E-state index in [4.69, 9.17) is 0 Å². The van der Waals surface area contributed by atoms with Crippen molar-refractivity contribution in [2.24, 2.45) is 0 Å². The molecule has 1 heterocycles. The van der Waals surface area contributed by atoms with Crippen LogP contribution >= 0.6 is 11.8 Å². The molecule has 1 aromatic heterocycles. The highest BCUT2D eigenvalue weighted by Crippen LogP contribution is 2.06. The van der Waals surface area contributed by atoms with Crippen LogP contribution in [0.2, 0.25) is 0 Å². The van der Waals surface area contributed by atoms with Crippen LogP contribution in [0.15, 0.2) is 12.3 Å². The maximum atomic E-state index is 4.29. The number of aryl methyl sites for hydroxylation is 1. The number of hydrogen-bond donors (Lipinski definition) is 1. The van der Waals surface area contributed by atoms with E-state index < -0.39 is 0 Å². The Bertz CT molecular complexity index is 278. The lowest BCUT2D eigenvalue weighted by Gasteiger charge is -2.12. The summed E-state index contributed by atoms with van der Waals surface area (Å²) in [6.07, 6.45) is 1.78. The Morgan fingerprint density at radius 2 is 2.36 bits per heavy atom. The topological polar surface area (TPSA) is 37.8 Å². The molecule has 4 heteroatoms. The number of thioether (sulfide) groups is 1. The van der Waals surface area contributed by atoms with E-state index in [0.717, 1.165) is 23.1 Å². The molecule has 0 aliphatic heterocycles. The van der Waals surface area contributed by atoms with Crippen molar-refractivity contribution in [2.75, 3.05) is 16.8 Å². The summed E-state index contributed by atoms with van der Waals surface area (Å²) in [6, 6.07) is 2.32. The first-order valence-electron chi connectivity index (χ1n) is 4.86. The number of rotatable bonds is 5. The van der Waals surface area contributed by atoms with Crippen molar-refractivity contribution in [3.63, 3.8) is 0 Å². The highest BCUT2D eigenvalue weighted by atomic mass is 32.2. The monoisotopic (exact) mass is 211 g/mol. The summed E-state index contributed by atoms with van der Waals surface area (Å²) < 4.78 is 0. The molecule has 0 aliphatic carbocycles. The number of anilines is 1. The summed E-state index contributed by atoms with van der Waals surface area (Å²) in [7, 11) is 0. The van der Waals surface area contributed by atoms with Gasteiger partial charge in [-0.3, -0.25) is 0 Å².